The lowest BCUT2D eigenvalue weighted by Gasteiger charge is -2.27. The van der Waals surface area contributed by atoms with Crippen LogP contribution >= 0.6 is 0 Å². The summed E-state index contributed by atoms with van der Waals surface area (Å²) in [4.78, 5) is 4.32. The van der Waals surface area contributed by atoms with Crippen LogP contribution in [0.3, 0.4) is 0 Å². The molecule has 0 spiro atoms. The molecule has 140 valence electrons. The van der Waals surface area contributed by atoms with Gasteiger partial charge in [0.15, 0.2) is 5.96 Å². The molecule has 7 nitrogen and oxygen atoms in total. The third kappa shape index (κ3) is 4.42. The Balaban J connectivity index is 1.60. The van der Waals surface area contributed by atoms with Crippen LogP contribution in [0.5, 0.6) is 0 Å². The molecule has 3 N–H and O–H groups in total. The van der Waals surface area contributed by atoms with Gasteiger partial charge in [0.05, 0.1) is 12.3 Å². The first kappa shape index (κ1) is 18.4. The molecule has 1 aromatic heterocycles. The van der Waals surface area contributed by atoms with Crippen molar-refractivity contribution in [3.63, 3.8) is 0 Å². The Labute approximate surface area is 154 Å². The van der Waals surface area contributed by atoms with Crippen LogP contribution in [0.2, 0.25) is 0 Å². The first-order chi connectivity index (χ1) is 12.8. The van der Waals surface area contributed by atoms with E-state index in [4.69, 9.17) is 4.74 Å². The zero-order valence-electron chi connectivity index (χ0n) is 15.2. The molecule has 0 aliphatic carbocycles. The molecule has 1 atom stereocenters. The maximum atomic E-state index is 9.35. The molecule has 0 amide bonds. The van der Waals surface area contributed by atoms with Crippen LogP contribution in [0.15, 0.2) is 47.7 Å². The van der Waals surface area contributed by atoms with Crippen molar-refractivity contribution in [3.8, 4) is 5.69 Å². The number of aliphatic hydroxyl groups is 1. The lowest BCUT2D eigenvalue weighted by molar-refractivity contribution is 0.127. The summed E-state index contributed by atoms with van der Waals surface area (Å²) in [6.07, 6.45) is 5.40. The molecule has 1 aromatic carbocycles. The van der Waals surface area contributed by atoms with Gasteiger partial charge in [0.25, 0.3) is 0 Å². The number of hydrogen-bond donors (Lipinski definition) is 3. The quantitative estimate of drug-likeness (QED) is 0.514. The van der Waals surface area contributed by atoms with Gasteiger partial charge in [-0.3, -0.25) is 4.99 Å². The normalized spacial score (nSPS) is 20.3. The van der Waals surface area contributed by atoms with Gasteiger partial charge in [-0.2, -0.15) is 5.10 Å². The molecule has 1 saturated heterocycles. The van der Waals surface area contributed by atoms with Crippen molar-refractivity contribution >= 4 is 5.96 Å². The van der Waals surface area contributed by atoms with Crippen molar-refractivity contribution in [2.45, 2.75) is 19.4 Å². The minimum atomic E-state index is -0.0145. The van der Waals surface area contributed by atoms with E-state index in [1.807, 2.05) is 35.1 Å². The third-order valence-electron chi connectivity index (χ3n) is 4.87. The van der Waals surface area contributed by atoms with E-state index in [0.717, 1.165) is 43.2 Å². The number of aliphatic imine (C=N–C) groups is 1. The second kappa shape index (κ2) is 8.82. The summed E-state index contributed by atoms with van der Waals surface area (Å²) < 4.78 is 7.40. The number of rotatable bonds is 7. The van der Waals surface area contributed by atoms with Crippen molar-refractivity contribution in [2.75, 3.05) is 33.4 Å². The van der Waals surface area contributed by atoms with E-state index in [1.165, 1.54) is 0 Å². The predicted octanol–water partition coefficient (Wildman–Crippen LogP) is 1.33. The molecule has 1 fully saturated rings. The molecule has 0 radical (unpaired) electrons. The van der Waals surface area contributed by atoms with Crippen LogP contribution in [-0.2, 0) is 11.3 Å². The monoisotopic (exact) mass is 357 g/mol. The highest BCUT2D eigenvalue weighted by atomic mass is 16.5. The molecule has 1 aliphatic rings. The Hall–Kier alpha value is -2.38. The van der Waals surface area contributed by atoms with Crippen LogP contribution in [0, 0.1) is 5.41 Å². The molecular weight excluding hydrogens is 330 g/mol. The number of nitrogens with one attached hydrogen (secondary N) is 2. The molecule has 2 heterocycles. The van der Waals surface area contributed by atoms with Gasteiger partial charge in [0.2, 0.25) is 0 Å². The minimum Gasteiger partial charge on any atom is -0.396 e. The number of guanidine groups is 1. The number of nitrogens with zero attached hydrogens (tertiary/aromatic N) is 3. The number of aromatic nitrogens is 2. The first-order valence-electron chi connectivity index (χ1n) is 8.97. The zero-order valence-corrected chi connectivity index (χ0v) is 15.2. The summed E-state index contributed by atoms with van der Waals surface area (Å²) in [5.41, 5.74) is 2.16. The second-order valence-corrected chi connectivity index (χ2v) is 6.63. The summed E-state index contributed by atoms with van der Waals surface area (Å²) in [6, 6.07) is 10.1. The number of aliphatic hydroxyl groups excluding tert-OH is 1. The van der Waals surface area contributed by atoms with E-state index in [9.17, 15) is 5.11 Å². The Morgan fingerprint density at radius 1 is 1.35 bits per heavy atom. The lowest BCUT2D eigenvalue weighted by Crippen LogP contribution is -2.44. The molecular formula is C19H27N5O2. The number of ether oxygens (including phenoxy) is 1. The van der Waals surface area contributed by atoms with Crippen molar-refractivity contribution in [1.29, 1.82) is 0 Å². The van der Waals surface area contributed by atoms with Gasteiger partial charge in [-0.15, -0.1) is 0 Å². The summed E-state index contributed by atoms with van der Waals surface area (Å²) >= 11 is 0. The Morgan fingerprint density at radius 2 is 2.23 bits per heavy atom. The smallest absolute Gasteiger partial charge is 0.191 e. The molecule has 7 heteroatoms. The van der Waals surface area contributed by atoms with Crippen molar-refractivity contribution in [2.24, 2.45) is 10.4 Å². The van der Waals surface area contributed by atoms with E-state index in [-0.39, 0.29) is 12.0 Å². The topological polar surface area (TPSA) is 83.7 Å². The summed E-state index contributed by atoms with van der Waals surface area (Å²) in [5, 5.41) is 20.4. The van der Waals surface area contributed by atoms with Gasteiger partial charge in [-0.25, -0.2) is 4.68 Å². The summed E-state index contributed by atoms with van der Waals surface area (Å²) in [7, 11) is 1.76. The highest BCUT2D eigenvalue weighted by molar-refractivity contribution is 5.79. The third-order valence-corrected chi connectivity index (χ3v) is 4.87. The predicted molar refractivity (Wildman–Crippen MR) is 101 cm³/mol. The number of hydrogen-bond acceptors (Lipinski definition) is 4. The standard InChI is InChI=1S/C19H27N5O2/c1-20-18(22-14-19(7-11-25)8-12-26-15-19)21-13-16-5-2-3-6-17(16)24-10-4-9-23-24/h2-6,9-10,25H,7-8,11-15H2,1H3,(H2,20,21,22). The SMILES string of the molecule is CN=C(NCc1ccccc1-n1cccn1)NCC1(CCO)CCOC1. The van der Waals surface area contributed by atoms with Gasteiger partial charge in [0, 0.05) is 51.2 Å². The van der Waals surface area contributed by atoms with Gasteiger partial charge in [0.1, 0.15) is 0 Å². The average Bonchev–Trinajstić information content (AvgIpc) is 3.35. The van der Waals surface area contributed by atoms with Crippen molar-refractivity contribution < 1.29 is 9.84 Å². The highest BCUT2D eigenvalue weighted by Gasteiger charge is 2.34. The van der Waals surface area contributed by atoms with Crippen LogP contribution in [0.25, 0.3) is 5.69 Å². The van der Waals surface area contributed by atoms with Gasteiger partial charge < -0.3 is 20.5 Å². The maximum absolute atomic E-state index is 9.35. The van der Waals surface area contributed by atoms with Gasteiger partial charge in [-0.05, 0) is 30.5 Å². The average molecular weight is 357 g/mol. The van der Waals surface area contributed by atoms with Crippen molar-refractivity contribution in [3.05, 3.63) is 48.3 Å². The molecule has 0 saturated carbocycles. The fraction of sp³-hybridized carbons (Fsp3) is 0.474. The molecule has 26 heavy (non-hydrogen) atoms. The van der Waals surface area contributed by atoms with Crippen molar-refractivity contribution in [1.82, 2.24) is 20.4 Å². The fourth-order valence-electron chi connectivity index (χ4n) is 3.28. The molecule has 3 rings (SSSR count). The first-order valence-corrected chi connectivity index (χ1v) is 8.97. The number of benzene rings is 1. The Kier molecular flexibility index (Phi) is 6.25. The largest absolute Gasteiger partial charge is 0.396 e. The molecule has 1 aliphatic heterocycles. The van der Waals surface area contributed by atoms with Gasteiger partial charge in [-0.1, -0.05) is 18.2 Å². The summed E-state index contributed by atoms with van der Waals surface area (Å²) in [6.45, 7) is 2.98. The number of para-hydroxylation sites is 1. The van der Waals surface area contributed by atoms with E-state index in [1.54, 1.807) is 13.2 Å². The van der Waals surface area contributed by atoms with E-state index < -0.39 is 0 Å². The molecule has 1 unspecified atom stereocenters. The lowest BCUT2D eigenvalue weighted by atomic mass is 9.84. The van der Waals surface area contributed by atoms with Crippen LogP contribution in [0.4, 0.5) is 0 Å². The Bertz CT molecular complexity index is 708. The van der Waals surface area contributed by atoms with E-state index in [2.05, 4.69) is 26.8 Å². The second-order valence-electron chi connectivity index (χ2n) is 6.63. The molecule has 2 aromatic rings. The molecule has 0 bridgehead atoms. The highest BCUT2D eigenvalue weighted by Crippen LogP contribution is 2.31. The van der Waals surface area contributed by atoms with Crippen LogP contribution in [-0.4, -0.2) is 54.3 Å². The van der Waals surface area contributed by atoms with Crippen LogP contribution < -0.4 is 10.6 Å². The Morgan fingerprint density at radius 3 is 2.92 bits per heavy atom. The minimum absolute atomic E-state index is 0.0145. The fourth-order valence-corrected chi connectivity index (χ4v) is 3.28. The maximum Gasteiger partial charge on any atom is 0.191 e. The van der Waals surface area contributed by atoms with E-state index >= 15 is 0 Å². The zero-order chi connectivity index (χ0) is 18.2. The van der Waals surface area contributed by atoms with Gasteiger partial charge >= 0.3 is 0 Å². The van der Waals surface area contributed by atoms with Crippen LogP contribution in [0.1, 0.15) is 18.4 Å². The summed E-state index contributed by atoms with van der Waals surface area (Å²) in [5.74, 6) is 0.740. The van der Waals surface area contributed by atoms with E-state index in [0.29, 0.717) is 13.2 Å².